The van der Waals surface area contributed by atoms with Crippen molar-refractivity contribution in [3.8, 4) is 5.75 Å². The van der Waals surface area contributed by atoms with Crippen LogP contribution in [0.3, 0.4) is 0 Å². The minimum Gasteiger partial charge on any atom is -0.486 e. The predicted molar refractivity (Wildman–Crippen MR) is 77.4 cm³/mol. The first kappa shape index (κ1) is 14.8. The molecule has 0 spiro atoms. The lowest BCUT2D eigenvalue weighted by Crippen LogP contribution is -2.12. The molecule has 1 heterocycles. The molecule has 0 aliphatic rings. The SMILES string of the molecule is CCNCc1ccc(COc2ccc(F)cc2Cl)nc1. The number of pyridine rings is 1. The highest BCUT2D eigenvalue weighted by Gasteiger charge is 2.04. The number of rotatable bonds is 6. The zero-order chi connectivity index (χ0) is 14.4. The molecular formula is C15H16ClFN2O. The molecule has 3 nitrogen and oxygen atoms in total. The van der Waals surface area contributed by atoms with Crippen LogP contribution < -0.4 is 10.1 Å². The second-order valence-electron chi connectivity index (χ2n) is 4.30. The molecule has 0 bridgehead atoms. The normalized spacial score (nSPS) is 10.6. The van der Waals surface area contributed by atoms with E-state index in [1.54, 1.807) is 0 Å². The standard InChI is InChI=1S/C15H16ClFN2O/c1-2-18-8-11-3-5-13(19-9-11)10-20-15-6-4-12(17)7-14(15)16/h3-7,9,18H,2,8,10H2,1H3. The number of aromatic nitrogens is 1. The largest absolute Gasteiger partial charge is 0.486 e. The van der Waals surface area contributed by atoms with Crippen LogP contribution in [0, 0.1) is 5.82 Å². The van der Waals surface area contributed by atoms with Gasteiger partial charge in [0.1, 0.15) is 18.2 Å². The summed E-state index contributed by atoms with van der Waals surface area (Å²) in [6.45, 7) is 4.08. The summed E-state index contributed by atoms with van der Waals surface area (Å²) in [5.41, 5.74) is 1.92. The first-order valence-electron chi connectivity index (χ1n) is 6.41. The summed E-state index contributed by atoms with van der Waals surface area (Å²) in [7, 11) is 0. The first-order valence-corrected chi connectivity index (χ1v) is 6.79. The molecule has 0 amide bonds. The fourth-order valence-corrected chi connectivity index (χ4v) is 1.88. The van der Waals surface area contributed by atoms with Gasteiger partial charge in [0, 0.05) is 12.7 Å². The second-order valence-corrected chi connectivity index (χ2v) is 4.71. The Hall–Kier alpha value is -1.65. The van der Waals surface area contributed by atoms with E-state index in [0.29, 0.717) is 12.4 Å². The molecule has 1 aromatic heterocycles. The van der Waals surface area contributed by atoms with E-state index in [1.807, 2.05) is 18.3 Å². The second kappa shape index (κ2) is 7.22. The summed E-state index contributed by atoms with van der Waals surface area (Å²) in [5.74, 6) is 0.0693. The Balaban J connectivity index is 1.93. The average Bonchev–Trinajstić information content (AvgIpc) is 2.45. The molecule has 0 radical (unpaired) electrons. The van der Waals surface area contributed by atoms with Crippen molar-refractivity contribution in [1.82, 2.24) is 10.3 Å². The molecule has 0 atom stereocenters. The number of nitrogens with zero attached hydrogens (tertiary/aromatic N) is 1. The Labute approximate surface area is 122 Å². The molecule has 0 aliphatic heterocycles. The van der Waals surface area contributed by atoms with Gasteiger partial charge in [-0.1, -0.05) is 24.6 Å². The van der Waals surface area contributed by atoms with Gasteiger partial charge < -0.3 is 10.1 Å². The van der Waals surface area contributed by atoms with Crippen molar-refractivity contribution in [2.24, 2.45) is 0 Å². The maximum absolute atomic E-state index is 12.9. The summed E-state index contributed by atoms with van der Waals surface area (Å²) in [6.07, 6.45) is 1.81. The van der Waals surface area contributed by atoms with Gasteiger partial charge in [-0.2, -0.15) is 0 Å². The summed E-state index contributed by atoms with van der Waals surface area (Å²) in [5, 5.41) is 3.49. The van der Waals surface area contributed by atoms with Gasteiger partial charge in [0.25, 0.3) is 0 Å². The highest BCUT2D eigenvalue weighted by molar-refractivity contribution is 6.32. The van der Waals surface area contributed by atoms with Crippen LogP contribution in [0.4, 0.5) is 4.39 Å². The molecule has 2 rings (SSSR count). The van der Waals surface area contributed by atoms with E-state index in [9.17, 15) is 4.39 Å². The van der Waals surface area contributed by atoms with Crippen LogP contribution in [0.15, 0.2) is 36.5 Å². The zero-order valence-corrected chi connectivity index (χ0v) is 12.0. The van der Waals surface area contributed by atoms with Crippen LogP contribution in [0.1, 0.15) is 18.2 Å². The molecule has 106 valence electrons. The highest BCUT2D eigenvalue weighted by Crippen LogP contribution is 2.25. The molecular weight excluding hydrogens is 279 g/mol. The molecule has 1 aromatic carbocycles. The number of halogens is 2. The Bertz CT molecular complexity index is 560. The van der Waals surface area contributed by atoms with Crippen LogP contribution >= 0.6 is 11.6 Å². The lowest BCUT2D eigenvalue weighted by atomic mass is 10.2. The number of ether oxygens (including phenoxy) is 1. The van der Waals surface area contributed by atoms with Gasteiger partial charge in [0.15, 0.2) is 0 Å². The van der Waals surface area contributed by atoms with Crippen molar-refractivity contribution >= 4 is 11.6 Å². The minimum absolute atomic E-state index is 0.258. The number of hydrogen-bond donors (Lipinski definition) is 1. The van der Waals surface area contributed by atoms with Crippen LogP contribution in [-0.2, 0) is 13.2 Å². The van der Waals surface area contributed by atoms with Crippen LogP contribution in [0.5, 0.6) is 5.75 Å². The Kier molecular flexibility index (Phi) is 5.32. The highest BCUT2D eigenvalue weighted by atomic mass is 35.5. The van der Waals surface area contributed by atoms with Gasteiger partial charge in [0.2, 0.25) is 0 Å². The summed E-state index contributed by atoms with van der Waals surface area (Å²) >= 11 is 5.88. The van der Waals surface area contributed by atoms with E-state index in [1.165, 1.54) is 18.2 Å². The Morgan fingerprint density at radius 3 is 2.80 bits per heavy atom. The van der Waals surface area contributed by atoms with Gasteiger partial charge in [-0.25, -0.2) is 4.39 Å². The smallest absolute Gasteiger partial charge is 0.138 e. The fourth-order valence-electron chi connectivity index (χ4n) is 1.66. The van der Waals surface area contributed by atoms with Crippen molar-refractivity contribution < 1.29 is 9.13 Å². The van der Waals surface area contributed by atoms with E-state index in [4.69, 9.17) is 16.3 Å². The van der Waals surface area contributed by atoms with E-state index in [-0.39, 0.29) is 10.8 Å². The fraction of sp³-hybridized carbons (Fsp3) is 0.267. The third-order valence-corrected chi connectivity index (χ3v) is 3.03. The molecule has 0 aliphatic carbocycles. The van der Waals surface area contributed by atoms with Crippen LogP contribution in [-0.4, -0.2) is 11.5 Å². The summed E-state index contributed by atoms with van der Waals surface area (Å²) < 4.78 is 18.4. The summed E-state index contributed by atoms with van der Waals surface area (Å²) in [6, 6.07) is 7.96. The van der Waals surface area contributed by atoms with Gasteiger partial charge in [-0.05, 0) is 36.4 Å². The van der Waals surface area contributed by atoms with Crippen molar-refractivity contribution in [3.63, 3.8) is 0 Å². The quantitative estimate of drug-likeness (QED) is 0.884. The monoisotopic (exact) mass is 294 g/mol. The molecule has 1 N–H and O–H groups in total. The molecule has 0 saturated heterocycles. The van der Waals surface area contributed by atoms with Gasteiger partial charge in [-0.3, -0.25) is 4.98 Å². The zero-order valence-electron chi connectivity index (χ0n) is 11.2. The number of hydrogen-bond acceptors (Lipinski definition) is 3. The third-order valence-electron chi connectivity index (χ3n) is 2.73. The molecule has 0 saturated carbocycles. The topological polar surface area (TPSA) is 34.1 Å². The van der Waals surface area contributed by atoms with E-state index < -0.39 is 0 Å². The van der Waals surface area contributed by atoms with E-state index in [2.05, 4.69) is 17.2 Å². The maximum atomic E-state index is 12.9. The third kappa shape index (κ3) is 4.18. The number of benzene rings is 1. The molecule has 5 heteroatoms. The maximum Gasteiger partial charge on any atom is 0.138 e. The lowest BCUT2D eigenvalue weighted by Gasteiger charge is -2.08. The first-order chi connectivity index (χ1) is 9.69. The molecule has 0 fully saturated rings. The van der Waals surface area contributed by atoms with Gasteiger partial charge in [-0.15, -0.1) is 0 Å². The van der Waals surface area contributed by atoms with Crippen LogP contribution in [0.25, 0.3) is 0 Å². The minimum atomic E-state index is -0.381. The van der Waals surface area contributed by atoms with Crippen molar-refractivity contribution in [1.29, 1.82) is 0 Å². The van der Waals surface area contributed by atoms with E-state index in [0.717, 1.165) is 24.3 Å². The van der Waals surface area contributed by atoms with E-state index >= 15 is 0 Å². The average molecular weight is 295 g/mol. The Morgan fingerprint density at radius 1 is 1.30 bits per heavy atom. The molecule has 2 aromatic rings. The lowest BCUT2D eigenvalue weighted by molar-refractivity contribution is 0.301. The van der Waals surface area contributed by atoms with Gasteiger partial charge >= 0.3 is 0 Å². The summed E-state index contributed by atoms with van der Waals surface area (Å²) in [4.78, 5) is 4.31. The number of nitrogens with one attached hydrogen (secondary N) is 1. The van der Waals surface area contributed by atoms with Crippen molar-refractivity contribution in [3.05, 3.63) is 58.6 Å². The molecule has 0 unspecified atom stereocenters. The van der Waals surface area contributed by atoms with Crippen molar-refractivity contribution in [2.75, 3.05) is 6.54 Å². The van der Waals surface area contributed by atoms with Crippen LogP contribution in [0.2, 0.25) is 5.02 Å². The van der Waals surface area contributed by atoms with Gasteiger partial charge in [0.05, 0.1) is 10.7 Å². The van der Waals surface area contributed by atoms with Crippen molar-refractivity contribution in [2.45, 2.75) is 20.1 Å². The Morgan fingerprint density at radius 2 is 2.15 bits per heavy atom. The molecule has 20 heavy (non-hydrogen) atoms. The predicted octanol–water partition coefficient (Wildman–Crippen LogP) is 3.56.